The van der Waals surface area contributed by atoms with Gasteiger partial charge in [0.05, 0.1) is 0 Å². The van der Waals surface area contributed by atoms with E-state index in [2.05, 4.69) is 0 Å². The Kier molecular flexibility index (Phi) is 7.14. The minimum Gasteiger partial charge on any atom is -0.456 e. The molecule has 1 heterocycles. The van der Waals surface area contributed by atoms with Crippen molar-refractivity contribution in [2.75, 3.05) is 0 Å². The highest BCUT2D eigenvalue weighted by molar-refractivity contribution is 6.13. The highest BCUT2D eigenvalue weighted by Gasteiger charge is 2.12. The molecule has 0 spiro atoms. The van der Waals surface area contributed by atoms with Crippen LogP contribution in [0.25, 0.3) is 34.1 Å². The largest absolute Gasteiger partial charge is 0.456 e. The average Bonchev–Trinajstić information content (AvgIpc) is 3.31. The van der Waals surface area contributed by atoms with Crippen LogP contribution in [0.15, 0.2) is 138 Å². The lowest BCUT2D eigenvalue weighted by Gasteiger charge is -1.98. The zero-order chi connectivity index (χ0) is 25.5. The zero-order valence-corrected chi connectivity index (χ0v) is 20.1. The van der Waals surface area contributed by atoms with E-state index in [1.165, 1.54) is 0 Å². The highest BCUT2D eigenvalue weighted by Crippen LogP contribution is 2.30. The Balaban J connectivity index is 1.34. The molecule has 1 aromatic heterocycles. The number of furan rings is 1. The summed E-state index contributed by atoms with van der Waals surface area (Å²) in [6.07, 6.45) is 14.2. The molecule has 0 aliphatic heterocycles. The van der Waals surface area contributed by atoms with Crippen molar-refractivity contribution in [3.05, 3.63) is 156 Å². The lowest BCUT2D eigenvalue weighted by atomic mass is 10.0. The van der Waals surface area contributed by atoms with Gasteiger partial charge in [-0.3, -0.25) is 9.59 Å². The predicted octanol–water partition coefficient (Wildman–Crippen LogP) is 8.49. The number of hydrogen-bond donors (Lipinski definition) is 0. The third kappa shape index (κ3) is 5.80. The van der Waals surface area contributed by atoms with Crippen LogP contribution in [0.1, 0.15) is 31.8 Å². The molecule has 0 fully saturated rings. The van der Waals surface area contributed by atoms with E-state index in [1.807, 2.05) is 97.1 Å². The summed E-state index contributed by atoms with van der Waals surface area (Å²) < 4.78 is 5.94. The first-order chi connectivity index (χ1) is 18.2. The molecule has 0 saturated heterocycles. The van der Waals surface area contributed by atoms with Gasteiger partial charge in [0.25, 0.3) is 0 Å². The molecule has 0 N–H and O–H groups in total. The van der Waals surface area contributed by atoms with E-state index in [0.29, 0.717) is 22.3 Å². The molecule has 0 aliphatic carbocycles. The van der Waals surface area contributed by atoms with Gasteiger partial charge >= 0.3 is 0 Å². The smallest absolute Gasteiger partial charge is 0.185 e. The molecule has 3 nitrogen and oxygen atoms in total. The first kappa shape index (κ1) is 23.7. The van der Waals surface area contributed by atoms with Gasteiger partial charge in [-0.05, 0) is 59.7 Å². The third-order valence-electron chi connectivity index (χ3n) is 5.93. The summed E-state index contributed by atoms with van der Waals surface area (Å²) in [5.74, 6) is -0.205. The van der Waals surface area contributed by atoms with Crippen LogP contribution in [0.2, 0.25) is 0 Å². The van der Waals surface area contributed by atoms with Gasteiger partial charge < -0.3 is 4.42 Å². The summed E-state index contributed by atoms with van der Waals surface area (Å²) in [6.45, 7) is 0. The van der Waals surface area contributed by atoms with Gasteiger partial charge in [-0.2, -0.15) is 0 Å². The molecule has 0 unspecified atom stereocenters. The Morgan fingerprint density at radius 1 is 0.514 bits per heavy atom. The number of benzene rings is 4. The molecule has 3 heteroatoms. The quantitative estimate of drug-likeness (QED) is 0.127. The van der Waals surface area contributed by atoms with E-state index in [9.17, 15) is 9.59 Å². The molecule has 37 heavy (non-hydrogen) atoms. The number of allylic oxidation sites excluding steroid dienone is 6. The Morgan fingerprint density at radius 2 is 0.946 bits per heavy atom. The lowest BCUT2D eigenvalue weighted by molar-refractivity contribution is 0.103. The summed E-state index contributed by atoms with van der Waals surface area (Å²) in [4.78, 5) is 25.5. The van der Waals surface area contributed by atoms with Gasteiger partial charge in [-0.15, -0.1) is 0 Å². The van der Waals surface area contributed by atoms with Crippen molar-refractivity contribution in [1.82, 2.24) is 0 Å². The van der Waals surface area contributed by atoms with Crippen molar-refractivity contribution in [3.63, 3.8) is 0 Å². The standard InChI is InChI=1S/C34H24O3/c35-31(17-9-7-15-25-11-3-1-4-12-25)27-19-21-33-29(23-27)30-24-28(20-22-34(30)37-33)32(36)18-10-8-16-26-13-5-2-6-14-26/h1-24H/b15-7+,16-8+,17-9+,18-10+. The Hall–Kier alpha value is -5.02. The fraction of sp³-hybridized carbons (Fsp3) is 0. The summed E-state index contributed by atoms with van der Waals surface area (Å²) >= 11 is 0. The zero-order valence-electron chi connectivity index (χ0n) is 20.1. The molecule has 0 radical (unpaired) electrons. The van der Waals surface area contributed by atoms with Crippen LogP contribution in [0.3, 0.4) is 0 Å². The fourth-order valence-corrected chi connectivity index (χ4v) is 4.02. The third-order valence-corrected chi connectivity index (χ3v) is 5.93. The predicted molar refractivity (Wildman–Crippen MR) is 152 cm³/mol. The summed E-state index contributed by atoms with van der Waals surface area (Å²) in [5.41, 5.74) is 4.59. The summed E-state index contributed by atoms with van der Waals surface area (Å²) in [6, 6.07) is 30.6. The Morgan fingerprint density at radius 3 is 1.38 bits per heavy atom. The van der Waals surface area contributed by atoms with Crippen LogP contribution in [-0.4, -0.2) is 11.6 Å². The molecule has 0 amide bonds. The van der Waals surface area contributed by atoms with Gasteiger partial charge in [0, 0.05) is 21.9 Å². The maximum absolute atomic E-state index is 12.8. The van der Waals surface area contributed by atoms with Crippen LogP contribution < -0.4 is 0 Å². The van der Waals surface area contributed by atoms with E-state index < -0.39 is 0 Å². The first-order valence-corrected chi connectivity index (χ1v) is 12.0. The van der Waals surface area contributed by atoms with E-state index in [1.54, 1.807) is 48.6 Å². The van der Waals surface area contributed by atoms with E-state index in [-0.39, 0.29) is 11.6 Å². The fourth-order valence-electron chi connectivity index (χ4n) is 4.02. The second kappa shape index (κ2) is 11.1. The van der Waals surface area contributed by atoms with Crippen molar-refractivity contribution in [2.24, 2.45) is 0 Å². The van der Waals surface area contributed by atoms with Crippen molar-refractivity contribution in [2.45, 2.75) is 0 Å². The van der Waals surface area contributed by atoms with Gasteiger partial charge in [0.15, 0.2) is 11.6 Å². The van der Waals surface area contributed by atoms with Crippen molar-refractivity contribution >= 4 is 45.7 Å². The normalized spacial score (nSPS) is 12.1. The number of carbonyl (C=O) groups excluding carboxylic acids is 2. The topological polar surface area (TPSA) is 47.3 Å². The van der Waals surface area contributed by atoms with E-state index in [4.69, 9.17) is 4.42 Å². The molecular formula is C34H24O3. The number of fused-ring (bicyclic) bond motifs is 3. The van der Waals surface area contributed by atoms with Crippen LogP contribution in [-0.2, 0) is 0 Å². The number of rotatable bonds is 8. The maximum Gasteiger partial charge on any atom is 0.185 e. The van der Waals surface area contributed by atoms with Crippen molar-refractivity contribution in [3.8, 4) is 0 Å². The van der Waals surface area contributed by atoms with E-state index >= 15 is 0 Å². The molecule has 5 aromatic rings. The van der Waals surface area contributed by atoms with Crippen LogP contribution in [0, 0.1) is 0 Å². The van der Waals surface area contributed by atoms with Gasteiger partial charge in [0.2, 0.25) is 0 Å². The lowest BCUT2D eigenvalue weighted by Crippen LogP contribution is -1.94. The molecule has 0 aliphatic rings. The second-order valence-electron chi connectivity index (χ2n) is 8.51. The molecule has 0 saturated carbocycles. The highest BCUT2D eigenvalue weighted by atomic mass is 16.3. The minimum absolute atomic E-state index is 0.102. The summed E-state index contributed by atoms with van der Waals surface area (Å²) in [7, 11) is 0. The van der Waals surface area contributed by atoms with Crippen LogP contribution >= 0.6 is 0 Å². The monoisotopic (exact) mass is 480 g/mol. The number of carbonyl (C=O) groups is 2. The first-order valence-electron chi connectivity index (χ1n) is 12.0. The molecule has 5 rings (SSSR count). The SMILES string of the molecule is O=C(/C=C/C=C/c1ccccc1)c1ccc2oc3ccc(C(=O)/C=C/C=C/c4ccccc4)cc3c2c1. The van der Waals surface area contributed by atoms with Crippen molar-refractivity contribution < 1.29 is 14.0 Å². The molecule has 0 atom stereocenters. The van der Waals surface area contributed by atoms with Crippen LogP contribution in [0.5, 0.6) is 0 Å². The number of hydrogen-bond acceptors (Lipinski definition) is 3. The molecule has 4 aromatic carbocycles. The maximum atomic E-state index is 12.8. The van der Waals surface area contributed by atoms with E-state index in [0.717, 1.165) is 21.9 Å². The summed E-state index contributed by atoms with van der Waals surface area (Å²) in [5, 5.41) is 1.60. The minimum atomic E-state index is -0.102. The van der Waals surface area contributed by atoms with Crippen molar-refractivity contribution in [1.29, 1.82) is 0 Å². The molecular weight excluding hydrogens is 456 g/mol. The van der Waals surface area contributed by atoms with Crippen LogP contribution in [0.4, 0.5) is 0 Å². The Bertz CT molecular complexity index is 1560. The second-order valence-corrected chi connectivity index (χ2v) is 8.51. The van der Waals surface area contributed by atoms with Gasteiger partial charge in [-0.1, -0.05) is 97.1 Å². The van der Waals surface area contributed by atoms with Gasteiger partial charge in [-0.25, -0.2) is 0 Å². The molecule has 0 bridgehead atoms. The van der Waals surface area contributed by atoms with Gasteiger partial charge in [0.1, 0.15) is 11.2 Å². The molecule has 178 valence electrons. The average molecular weight is 481 g/mol. The number of ketones is 2. The Labute approximate surface area is 215 Å².